The summed E-state index contributed by atoms with van der Waals surface area (Å²) < 4.78 is 5.21. The fraction of sp³-hybridized carbons (Fsp3) is 0.591. The molecule has 1 aromatic heterocycles. The third-order valence-corrected chi connectivity index (χ3v) is 7.15. The van der Waals surface area contributed by atoms with Crippen LogP contribution in [-0.2, 0) is 6.42 Å². The van der Waals surface area contributed by atoms with Crippen molar-refractivity contribution in [3.8, 4) is 5.75 Å². The van der Waals surface area contributed by atoms with Crippen LogP contribution in [0.3, 0.4) is 0 Å². The van der Waals surface area contributed by atoms with Gasteiger partial charge < -0.3 is 15.0 Å². The Labute approximate surface area is 176 Å². The minimum absolute atomic E-state index is 0.118. The smallest absolute Gasteiger partial charge is 0.317 e. The molecule has 156 valence electrons. The van der Waals surface area contributed by atoms with Gasteiger partial charge in [-0.15, -0.1) is 21.5 Å². The highest BCUT2D eigenvalue weighted by atomic mass is 32.1. The second-order valence-electron chi connectivity index (χ2n) is 8.10. The molecule has 1 N–H and O–H groups in total. The number of nitrogens with zero attached hydrogens (tertiary/aromatic N) is 3. The summed E-state index contributed by atoms with van der Waals surface area (Å²) in [6.45, 7) is 1.60. The summed E-state index contributed by atoms with van der Waals surface area (Å²) in [4.78, 5) is 14.5. The zero-order valence-electron chi connectivity index (χ0n) is 17.1. The Balaban J connectivity index is 1.27. The van der Waals surface area contributed by atoms with Crippen molar-refractivity contribution in [2.75, 3.05) is 20.2 Å². The van der Waals surface area contributed by atoms with Crippen molar-refractivity contribution in [3.63, 3.8) is 0 Å². The average molecular weight is 415 g/mol. The van der Waals surface area contributed by atoms with Crippen LogP contribution in [0, 0.1) is 0 Å². The summed E-state index contributed by atoms with van der Waals surface area (Å²) in [6.07, 6.45) is 8.77. The first-order valence-corrected chi connectivity index (χ1v) is 11.5. The van der Waals surface area contributed by atoms with E-state index in [0.717, 1.165) is 61.0 Å². The largest absolute Gasteiger partial charge is 0.497 e. The summed E-state index contributed by atoms with van der Waals surface area (Å²) in [5, 5.41) is 14.3. The van der Waals surface area contributed by atoms with Gasteiger partial charge in [-0.25, -0.2) is 4.79 Å². The van der Waals surface area contributed by atoms with E-state index in [0.29, 0.717) is 12.0 Å². The number of benzene rings is 1. The van der Waals surface area contributed by atoms with Crippen LogP contribution in [0.4, 0.5) is 4.79 Å². The molecular weight excluding hydrogens is 384 g/mol. The van der Waals surface area contributed by atoms with Crippen molar-refractivity contribution in [2.45, 2.75) is 63.3 Å². The Bertz CT molecular complexity index is 793. The SMILES string of the molecule is COc1ccc(Cc2nnc(C3CCN(C(=O)NC4CCCCC4)CC3)s2)cc1. The maximum Gasteiger partial charge on any atom is 0.317 e. The van der Waals surface area contributed by atoms with Crippen LogP contribution in [0.1, 0.15) is 66.4 Å². The lowest BCUT2D eigenvalue weighted by atomic mass is 9.95. The molecule has 1 aromatic carbocycles. The minimum atomic E-state index is 0.118. The predicted molar refractivity (Wildman–Crippen MR) is 115 cm³/mol. The Morgan fingerprint density at radius 2 is 1.83 bits per heavy atom. The van der Waals surface area contributed by atoms with Crippen molar-refractivity contribution in [1.82, 2.24) is 20.4 Å². The normalized spacial score (nSPS) is 18.6. The molecule has 0 spiro atoms. The van der Waals surface area contributed by atoms with Gasteiger partial charge in [-0.2, -0.15) is 0 Å². The molecule has 6 nitrogen and oxygen atoms in total. The average Bonchev–Trinajstić information content (AvgIpc) is 3.23. The molecule has 29 heavy (non-hydrogen) atoms. The quantitative estimate of drug-likeness (QED) is 0.789. The highest BCUT2D eigenvalue weighted by Crippen LogP contribution is 2.31. The molecule has 2 aliphatic rings. The molecule has 0 atom stereocenters. The van der Waals surface area contributed by atoms with E-state index in [1.54, 1.807) is 18.4 Å². The third-order valence-electron chi connectivity index (χ3n) is 6.06. The number of aromatic nitrogens is 2. The number of piperidine rings is 1. The number of hydrogen-bond acceptors (Lipinski definition) is 5. The third kappa shape index (κ3) is 5.26. The summed E-state index contributed by atoms with van der Waals surface area (Å²) in [5.74, 6) is 1.28. The lowest BCUT2D eigenvalue weighted by Crippen LogP contribution is -2.48. The van der Waals surface area contributed by atoms with Gasteiger partial charge in [0.1, 0.15) is 15.8 Å². The van der Waals surface area contributed by atoms with Crippen molar-refractivity contribution in [3.05, 3.63) is 39.8 Å². The summed E-state index contributed by atoms with van der Waals surface area (Å²) >= 11 is 1.71. The van der Waals surface area contributed by atoms with Crippen LogP contribution in [0.15, 0.2) is 24.3 Å². The molecule has 7 heteroatoms. The molecule has 2 aromatic rings. The van der Waals surface area contributed by atoms with Crippen LogP contribution < -0.4 is 10.1 Å². The predicted octanol–water partition coefficient (Wildman–Crippen LogP) is 4.36. The van der Waals surface area contributed by atoms with Gasteiger partial charge in [-0.1, -0.05) is 31.4 Å². The second kappa shape index (κ2) is 9.57. The first-order chi connectivity index (χ1) is 14.2. The van der Waals surface area contributed by atoms with Crippen molar-refractivity contribution in [2.24, 2.45) is 0 Å². The monoisotopic (exact) mass is 414 g/mol. The lowest BCUT2D eigenvalue weighted by molar-refractivity contribution is 0.174. The van der Waals surface area contributed by atoms with E-state index in [2.05, 4.69) is 27.6 Å². The van der Waals surface area contributed by atoms with Gasteiger partial charge in [0.05, 0.1) is 7.11 Å². The fourth-order valence-electron chi connectivity index (χ4n) is 4.26. The lowest BCUT2D eigenvalue weighted by Gasteiger charge is -2.33. The van der Waals surface area contributed by atoms with Gasteiger partial charge in [0.25, 0.3) is 0 Å². The van der Waals surface area contributed by atoms with Gasteiger partial charge in [-0.3, -0.25) is 0 Å². The number of amides is 2. The van der Waals surface area contributed by atoms with E-state index < -0.39 is 0 Å². The van der Waals surface area contributed by atoms with E-state index in [9.17, 15) is 4.79 Å². The minimum Gasteiger partial charge on any atom is -0.497 e. The molecule has 0 radical (unpaired) electrons. The molecule has 0 bridgehead atoms. The summed E-state index contributed by atoms with van der Waals surface area (Å²) in [6, 6.07) is 8.59. The van der Waals surface area contributed by atoms with Crippen LogP contribution >= 0.6 is 11.3 Å². The van der Waals surface area contributed by atoms with Crippen LogP contribution in [0.25, 0.3) is 0 Å². The zero-order chi connectivity index (χ0) is 20.1. The van der Waals surface area contributed by atoms with E-state index in [4.69, 9.17) is 4.74 Å². The molecular formula is C22H30N4O2S. The zero-order valence-corrected chi connectivity index (χ0v) is 17.9. The number of likely N-dealkylation sites (tertiary alicyclic amines) is 1. The number of rotatable bonds is 5. The van der Waals surface area contributed by atoms with Gasteiger partial charge in [0, 0.05) is 31.5 Å². The first kappa shape index (κ1) is 20.1. The van der Waals surface area contributed by atoms with E-state index >= 15 is 0 Å². The Kier molecular flexibility index (Phi) is 6.64. The fourth-order valence-corrected chi connectivity index (χ4v) is 5.31. The summed E-state index contributed by atoms with van der Waals surface area (Å²) in [7, 11) is 1.68. The van der Waals surface area contributed by atoms with Gasteiger partial charge in [-0.05, 0) is 43.4 Å². The van der Waals surface area contributed by atoms with Crippen LogP contribution in [0.2, 0.25) is 0 Å². The number of hydrogen-bond donors (Lipinski definition) is 1. The Morgan fingerprint density at radius 3 is 2.52 bits per heavy atom. The maximum absolute atomic E-state index is 12.5. The molecule has 2 amide bonds. The first-order valence-electron chi connectivity index (χ1n) is 10.7. The summed E-state index contributed by atoms with van der Waals surface area (Å²) in [5.41, 5.74) is 1.21. The number of carbonyl (C=O) groups is 1. The van der Waals surface area contributed by atoms with Gasteiger partial charge in [0.15, 0.2) is 0 Å². The van der Waals surface area contributed by atoms with Crippen LogP contribution in [-0.4, -0.2) is 47.4 Å². The molecule has 2 heterocycles. The maximum atomic E-state index is 12.5. The standard InChI is InChI=1S/C22H30N4O2S/c1-28-19-9-7-16(8-10-19)15-20-24-25-21(29-20)17-11-13-26(14-12-17)22(27)23-18-5-3-2-4-6-18/h7-10,17-18H,2-6,11-15H2,1H3,(H,23,27). The van der Waals surface area contributed by atoms with E-state index in [1.165, 1.54) is 24.8 Å². The van der Waals surface area contributed by atoms with E-state index in [1.807, 2.05) is 17.0 Å². The highest BCUT2D eigenvalue weighted by Gasteiger charge is 2.27. The molecule has 1 saturated carbocycles. The molecule has 0 unspecified atom stereocenters. The number of nitrogens with one attached hydrogen (secondary N) is 1. The van der Waals surface area contributed by atoms with E-state index in [-0.39, 0.29) is 6.03 Å². The van der Waals surface area contributed by atoms with Crippen molar-refractivity contribution in [1.29, 1.82) is 0 Å². The van der Waals surface area contributed by atoms with Gasteiger partial charge in [0.2, 0.25) is 0 Å². The number of carbonyl (C=O) groups excluding carboxylic acids is 1. The number of urea groups is 1. The molecule has 2 fully saturated rings. The Hall–Kier alpha value is -2.15. The van der Waals surface area contributed by atoms with Crippen molar-refractivity contribution < 1.29 is 9.53 Å². The highest BCUT2D eigenvalue weighted by molar-refractivity contribution is 7.11. The van der Waals surface area contributed by atoms with Crippen molar-refractivity contribution >= 4 is 17.4 Å². The van der Waals surface area contributed by atoms with Gasteiger partial charge >= 0.3 is 6.03 Å². The molecule has 1 aliphatic heterocycles. The number of ether oxygens (including phenoxy) is 1. The van der Waals surface area contributed by atoms with Crippen LogP contribution in [0.5, 0.6) is 5.75 Å². The topological polar surface area (TPSA) is 67.4 Å². The number of methoxy groups -OCH3 is 1. The second-order valence-corrected chi connectivity index (χ2v) is 9.20. The molecule has 1 saturated heterocycles. The Morgan fingerprint density at radius 1 is 1.10 bits per heavy atom. The molecule has 1 aliphatic carbocycles. The molecule has 4 rings (SSSR count).